The second kappa shape index (κ2) is 4.79. The number of sulfonamides is 1. The number of hydrogen-bond donors (Lipinski definition) is 1. The highest BCUT2D eigenvalue weighted by molar-refractivity contribution is 9.10. The van der Waals surface area contributed by atoms with E-state index in [-0.39, 0.29) is 5.82 Å². The summed E-state index contributed by atoms with van der Waals surface area (Å²) in [6.45, 7) is 4.32. The van der Waals surface area contributed by atoms with Gasteiger partial charge in [-0.1, -0.05) is 6.08 Å². The van der Waals surface area contributed by atoms with Gasteiger partial charge in [-0.15, -0.1) is 6.58 Å². The molecule has 2 N–H and O–H groups in total. The topological polar surface area (TPSA) is 85.9 Å². The number of nitrogens with zero attached hydrogens (tertiary/aromatic N) is 2. The second-order valence-corrected chi connectivity index (χ2v) is 6.15. The van der Waals surface area contributed by atoms with Crippen molar-refractivity contribution >= 4 is 26.0 Å². The van der Waals surface area contributed by atoms with Gasteiger partial charge in [0, 0.05) is 12.4 Å². The molecule has 8 heteroatoms. The minimum Gasteiger partial charge on any atom is -0.237 e. The molecule has 1 unspecified atom stereocenters. The molecule has 17 heavy (non-hydrogen) atoms. The fraction of sp³-hybridized carbons (Fsp3) is 0.333. The molecule has 0 radical (unpaired) electrons. The van der Waals surface area contributed by atoms with E-state index in [4.69, 9.17) is 5.14 Å². The van der Waals surface area contributed by atoms with Crippen LogP contribution >= 0.6 is 15.9 Å². The van der Waals surface area contributed by atoms with E-state index in [1.165, 1.54) is 12.4 Å². The summed E-state index contributed by atoms with van der Waals surface area (Å²) in [4.78, 5) is 7.46. The van der Waals surface area contributed by atoms with Crippen LogP contribution in [-0.2, 0) is 15.7 Å². The Balaban J connectivity index is 3.26. The lowest BCUT2D eigenvalue weighted by Crippen LogP contribution is -2.42. The molecule has 0 aliphatic heterocycles. The molecule has 0 aliphatic rings. The molecule has 0 fully saturated rings. The smallest absolute Gasteiger partial charge is 0.219 e. The van der Waals surface area contributed by atoms with Crippen molar-refractivity contribution in [3.8, 4) is 0 Å². The van der Waals surface area contributed by atoms with Crippen LogP contribution in [0.5, 0.6) is 0 Å². The van der Waals surface area contributed by atoms with Crippen LogP contribution in [-0.4, -0.2) is 23.6 Å². The normalized spacial score (nSPS) is 17.2. The Labute approximate surface area is 107 Å². The Bertz CT molecular complexity index is 516. The SMILES string of the molecule is C=C[C@H](C(C)(F)c1ncc(Br)cn1)S(N)(=O)=O. The molecule has 0 saturated carbocycles. The molecule has 1 rings (SSSR count). The predicted octanol–water partition coefficient (Wildman–Crippen LogP) is 1.27. The van der Waals surface area contributed by atoms with Gasteiger partial charge < -0.3 is 0 Å². The molecule has 94 valence electrons. The Morgan fingerprint density at radius 1 is 1.59 bits per heavy atom. The zero-order chi connectivity index (χ0) is 13.3. The first-order valence-electron chi connectivity index (χ1n) is 4.50. The van der Waals surface area contributed by atoms with Crippen LogP contribution in [0.25, 0.3) is 0 Å². The van der Waals surface area contributed by atoms with Gasteiger partial charge in [-0.25, -0.2) is 27.9 Å². The number of hydrogen-bond acceptors (Lipinski definition) is 4. The van der Waals surface area contributed by atoms with Gasteiger partial charge in [0.15, 0.2) is 11.5 Å². The van der Waals surface area contributed by atoms with E-state index in [1.54, 1.807) is 0 Å². The number of primary sulfonamides is 1. The van der Waals surface area contributed by atoms with Crippen molar-refractivity contribution in [3.63, 3.8) is 0 Å². The molecule has 0 amide bonds. The zero-order valence-electron chi connectivity index (χ0n) is 8.97. The molecule has 0 bridgehead atoms. The summed E-state index contributed by atoms with van der Waals surface area (Å²) in [5.41, 5.74) is -2.34. The fourth-order valence-corrected chi connectivity index (χ4v) is 2.55. The minimum absolute atomic E-state index is 0.264. The molecule has 0 aliphatic carbocycles. The van der Waals surface area contributed by atoms with Crippen molar-refractivity contribution in [3.05, 3.63) is 35.3 Å². The number of nitrogens with two attached hydrogens (primary N) is 1. The Morgan fingerprint density at radius 3 is 2.41 bits per heavy atom. The summed E-state index contributed by atoms with van der Waals surface area (Å²) in [6, 6.07) is 0. The first kappa shape index (κ1) is 14.2. The Morgan fingerprint density at radius 2 is 2.06 bits per heavy atom. The van der Waals surface area contributed by atoms with Gasteiger partial charge in [-0.05, 0) is 22.9 Å². The third-order valence-electron chi connectivity index (χ3n) is 2.16. The highest BCUT2D eigenvalue weighted by atomic mass is 79.9. The van der Waals surface area contributed by atoms with Crippen LogP contribution in [0.1, 0.15) is 12.7 Å². The summed E-state index contributed by atoms with van der Waals surface area (Å²) >= 11 is 3.10. The fourth-order valence-electron chi connectivity index (χ4n) is 1.36. The van der Waals surface area contributed by atoms with E-state index in [1.807, 2.05) is 0 Å². The van der Waals surface area contributed by atoms with Crippen molar-refractivity contribution in [1.82, 2.24) is 9.97 Å². The molecule has 5 nitrogen and oxygen atoms in total. The van der Waals surface area contributed by atoms with Gasteiger partial charge in [-0.2, -0.15) is 0 Å². The van der Waals surface area contributed by atoms with Gasteiger partial charge in [0.1, 0.15) is 5.25 Å². The Kier molecular flexibility index (Phi) is 4.00. The molecule has 1 aromatic rings. The third-order valence-corrected chi connectivity index (χ3v) is 3.91. The van der Waals surface area contributed by atoms with Gasteiger partial charge in [-0.3, -0.25) is 0 Å². The highest BCUT2D eigenvalue weighted by Gasteiger charge is 2.43. The molecular weight excluding hydrogens is 313 g/mol. The van der Waals surface area contributed by atoms with Gasteiger partial charge >= 0.3 is 0 Å². The summed E-state index contributed by atoms with van der Waals surface area (Å²) in [7, 11) is -4.12. The Hall–Kier alpha value is -0.860. The lowest BCUT2D eigenvalue weighted by Gasteiger charge is -2.24. The first-order chi connectivity index (χ1) is 7.69. The average molecular weight is 324 g/mol. The number of halogens is 2. The van der Waals surface area contributed by atoms with Crippen molar-refractivity contribution < 1.29 is 12.8 Å². The maximum absolute atomic E-state index is 14.4. The standard InChI is InChI=1S/C9H11BrFN3O2S/c1-3-7(17(12,15)16)9(2,11)8-13-4-6(10)5-14-8/h3-5,7H,1H2,2H3,(H2,12,15,16)/t7-,9?/m1/s1. The van der Waals surface area contributed by atoms with Gasteiger partial charge in [0.2, 0.25) is 10.0 Å². The second-order valence-electron chi connectivity index (χ2n) is 3.55. The van der Waals surface area contributed by atoms with E-state index in [2.05, 4.69) is 32.5 Å². The van der Waals surface area contributed by atoms with Crippen LogP contribution in [0.3, 0.4) is 0 Å². The maximum atomic E-state index is 14.4. The summed E-state index contributed by atoms with van der Waals surface area (Å²) < 4.78 is 37.5. The number of alkyl halides is 1. The number of rotatable bonds is 4. The quantitative estimate of drug-likeness (QED) is 0.845. The highest BCUT2D eigenvalue weighted by Crippen LogP contribution is 2.30. The van der Waals surface area contributed by atoms with Gasteiger partial charge in [0.25, 0.3) is 0 Å². The third kappa shape index (κ3) is 3.08. The molecule has 0 saturated heterocycles. The van der Waals surface area contributed by atoms with E-state index < -0.39 is 20.9 Å². The van der Waals surface area contributed by atoms with Crippen LogP contribution in [0.2, 0.25) is 0 Å². The monoisotopic (exact) mass is 323 g/mol. The van der Waals surface area contributed by atoms with Crippen molar-refractivity contribution in [1.29, 1.82) is 0 Å². The van der Waals surface area contributed by atoms with E-state index in [9.17, 15) is 12.8 Å². The minimum atomic E-state index is -4.12. The lowest BCUT2D eigenvalue weighted by atomic mass is 10.0. The van der Waals surface area contributed by atoms with E-state index in [0.29, 0.717) is 4.47 Å². The largest absolute Gasteiger partial charge is 0.237 e. The predicted molar refractivity (Wildman–Crippen MR) is 65.3 cm³/mol. The molecular formula is C9H11BrFN3O2S. The molecule has 1 aromatic heterocycles. The van der Waals surface area contributed by atoms with Crippen LogP contribution < -0.4 is 5.14 Å². The van der Waals surface area contributed by atoms with Crippen molar-refractivity contribution in [2.24, 2.45) is 5.14 Å². The summed E-state index contributed by atoms with van der Waals surface area (Å²) in [5.74, 6) is -0.264. The zero-order valence-corrected chi connectivity index (χ0v) is 11.4. The van der Waals surface area contributed by atoms with Crippen LogP contribution in [0.15, 0.2) is 29.5 Å². The average Bonchev–Trinajstić information content (AvgIpc) is 2.16. The van der Waals surface area contributed by atoms with Crippen molar-refractivity contribution in [2.45, 2.75) is 17.8 Å². The van der Waals surface area contributed by atoms with E-state index >= 15 is 0 Å². The molecule has 0 spiro atoms. The maximum Gasteiger partial charge on any atom is 0.219 e. The molecule has 1 heterocycles. The van der Waals surface area contributed by atoms with E-state index in [0.717, 1.165) is 13.0 Å². The van der Waals surface area contributed by atoms with Crippen LogP contribution in [0.4, 0.5) is 4.39 Å². The van der Waals surface area contributed by atoms with Crippen molar-refractivity contribution in [2.75, 3.05) is 0 Å². The summed E-state index contributed by atoms with van der Waals surface area (Å²) in [6.07, 6.45) is 3.58. The number of aromatic nitrogens is 2. The molecule has 2 atom stereocenters. The lowest BCUT2D eigenvalue weighted by molar-refractivity contribution is 0.185. The van der Waals surface area contributed by atoms with Crippen LogP contribution in [0, 0.1) is 0 Å². The summed E-state index contributed by atoms with van der Waals surface area (Å²) in [5, 5.41) is 3.34. The molecule has 0 aromatic carbocycles. The first-order valence-corrected chi connectivity index (χ1v) is 6.91. The van der Waals surface area contributed by atoms with Gasteiger partial charge in [0.05, 0.1) is 4.47 Å².